The summed E-state index contributed by atoms with van der Waals surface area (Å²) in [6, 6.07) is 7.54. The van der Waals surface area contributed by atoms with Crippen LogP contribution in [0.4, 0.5) is 4.39 Å². The van der Waals surface area contributed by atoms with Gasteiger partial charge in [-0.25, -0.2) is 9.18 Å². The summed E-state index contributed by atoms with van der Waals surface area (Å²) in [6.45, 7) is 0.585. The topological polar surface area (TPSA) is 70.7 Å². The second kappa shape index (κ2) is 6.24. The van der Waals surface area contributed by atoms with Gasteiger partial charge in [0.2, 0.25) is 0 Å². The number of halogens is 1. The third kappa shape index (κ3) is 3.26. The molecule has 0 saturated carbocycles. The van der Waals surface area contributed by atoms with Gasteiger partial charge in [-0.3, -0.25) is 4.79 Å². The Morgan fingerprint density at radius 1 is 1.35 bits per heavy atom. The van der Waals surface area contributed by atoms with Crippen LogP contribution in [0.15, 0.2) is 41.0 Å². The molecule has 1 amide bonds. The van der Waals surface area contributed by atoms with E-state index < -0.39 is 5.97 Å². The molecule has 5 nitrogen and oxygen atoms in total. The molecule has 0 spiro atoms. The second-order valence-corrected chi connectivity index (χ2v) is 5.63. The highest BCUT2D eigenvalue weighted by Crippen LogP contribution is 2.24. The molecule has 6 heteroatoms. The highest BCUT2D eigenvalue weighted by Gasteiger charge is 2.31. The van der Waals surface area contributed by atoms with Crippen molar-refractivity contribution < 1.29 is 23.5 Å². The third-order valence-corrected chi connectivity index (χ3v) is 4.06. The maximum atomic E-state index is 13.3. The number of hydrogen-bond donors (Lipinski definition) is 1. The van der Waals surface area contributed by atoms with E-state index in [9.17, 15) is 14.0 Å². The summed E-state index contributed by atoms with van der Waals surface area (Å²) in [6.07, 6.45) is 3.32. The fraction of sp³-hybridized carbons (Fsp3) is 0.294. The average molecular weight is 317 g/mol. The summed E-state index contributed by atoms with van der Waals surface area (Å²) >= 11 is 0. The summed E-state index contributed by atoms with van der Waals surface area (Å²) < 4.78 is 18.4. The molecular weight excluding hydrogens is 301 g/mol. The first-order valence-electron chi connectivity index (χ1n) is 7.42. The van der Waals surface area contributed by atoms with Crippen LogP contribution < -0.4 is 0 Å². The van der Waals surface area contributed by atoms with Crippen molar-refractivity contribution >= 4 is 11.9 Å². The van der Waals surface area contributed by atoms with Gasteiger partial charge in [-0.05, 0) is 37.0 Å². The number of carbonyl (C=O) groups excluding carboxylic acids is 1. The number of hydrogen-bond acceptors (Lipinski definition) is 3. The van der Waals surface area contributed by atoms with Crippen LogP contribution in [0.5, 0.6) is 0 Å². The number of furan rings is 1. The molecule has 1 N–H and O–H groups in total. The molecular formula is C17H16FNO4. The van der Waals surface area contributed by atoms with Gasteiger partial charge in [0, 0.05) is 18.7 Å². The third-order valence-electron chi connectivity index (χ3n) is 4.06. The zero-order chi connectivity index (χ0) is 16.4. The van der Waals surface area contributed by atoms with Crippen molar-refractivity contribution in [1.29, 1.82) is 0 Å². The SMILES string of the molecule is O=C(O)c1coc(C(=O)N2CCC[C@H]2Cc2cccc(F)c2)c1. The molecule has 0 unspecified atom stereocenters. The van der Waals surface area contributed by atoms with Gasteiger partial charge in [0.1, 0.15) is 12.1 Å². The smallest absolute Gasteiger partial charge is 0.338 e. The maximum absolute atomic E-state index is 13.3. The average Bonchev–Trinajstić information content (AvgIpc) is 3.15. The second-order valence-electron chi connectivity index (χ2n) is 5.63. The Morgan fingerprint density at radius 3 is 2.87 bits per heavy atom. The van der Waals surface area contributed by atoms with Crippen LogP contribution in [-0.4, -0.2) is 34.5 Å². The molecule has 1 fully saturated rings. The van der Waals surface area contributed by atoms with Crippen molar-refractivity contribution in [3.8, 4) is 0 Å². The molecule has 1 aromatic heterocycles. The van der Waals surface area contributed by atoms with Crippen LogP contribution in [0.2, 0.25) is 0 Å². The first-order valence-corrected chi connectivity index (χ1v) is 7.42. The Kier molecular flexibility index (Phi) is 4.14. The van der Waals surface area contributed by atoms with Crippen LogP contribution in [0, 0.1) is 5.82 Å². The normalized spacial score (nSPS) is 17.4. The van der Waals surface area contributed by atoms with Gasteiger partial charge >= 0.3 is 5.97 Å². The number of benzene rings is 1. The highest BCUT2D eigenvalue weighted by atomic mass is 19.1. The van der Waals surface area contributed by atoms with Crippen molar-refractivity contribution in [2.75, 3.05) is 6.54 Å². The van der Waals surface area contributed by atoms with Crippen molar-refractivity contribution in [2.45, 2.75) is 25.3 Å². The number of amides is 1. The zero-order valence-electron chi connectivity index (χ0n) is 12.4. The minimum atomic E-state index is -1.13. The number of carboxylic acids is 1. The van der Waals surface area contributed by atoms with E-state index in [2.05, 4.69) is 0 Å². The largest absolute Gasteiger partial charge is 0.478 e. The summed E-state index contributed by atoms with van der Waals surface area (Å²) in [5.41, 5.74) is 0.787. The summed E-state index contributed by atoms with van der Waals surface area (Å²) in [5.74, 6) is -1.73. The van der Waals surface area contributed by atoms with Gasteiger partial charge in [-0.2, -0.15) is 0 Å². The van der Waals surface area contributed by atoms with E-state index in [4.69, 9.17) is 9.52 Å². The number of likely N-dealkylation sites (tertiary alicyclic amines) is 1. The van der Waals surface area contributed by atoms with Crippen LogP contribution in [0.3, 0.4) is 0 Å². The lowest BCUT2D eigenvalue weighted by molar-refractivity contribution is 0.0690. The fourth-order valence-electron chi connectivity index (χ4n) is 2.95. The molecule has 1 aromatic carbocycles. The fourth-order valence-corrected chi connectivity index (χ4v) is 2.95. The predicted octanol–water partition coefficient (Wildman–Crippen LogP) is 2.96. The molecule has 2 aromatic rings. The Hall–Kier alpha value is -2.63. The first-order chi connectivity index (χ1) is 11.0. The monoisotopic (exact) mass is 317 g/mol. The van der Waals surface area contributed by atoms with E-state index in [-0.39, 0.29) is 29.1 Å². The molecule has 1 aliphatic heterocycles. The molecule has 1 atom stereocenters. The molecule has 2 heterocycles. The van der Waals surface area contributed by atoms with E-state index >= 15 is 0 Å². The summed E-state index contributed by atoms with van der Waals surface area (Å²) in [7, 11) is 0. The number of carboxylic acid groups (broad SMARTS) is 1. The van der Waals surface area contributed by atoms with Gasteiger partial charge in [-0.15, -0.1) is 0 Å². The Bertz CT molecular complexity index is 740. The Morgan fingerprint density at radius 2 is 2.17 bits per heavy atom. The van der Waals surface area contributed by atoms with Crippen LogP contribution in [-0.2, 0) is 6.42 Å². The summed E-state index contributed by atoms with van der Waals surface area (Å²) in [4.78, 5) is 25.1. The van der Waals surface area contributed by atoms with E-state index in [0.29, 0.717) is 13.0 Å². The van der Waals surface area contributed by atoms with E-state index in [1.165, 1.54) is 18.2 Å². The van der Waals surface area contributed by atoms with Crippen molar-refractivity contribution in [2.24, 2.45) is 0 Å². The Labute approximate surface area is 132 Å². The molecule has 120 valence electrons. The van der Waals surface area contributed by atoms with Gasteiger partial charge < -0.3 is 14.4 Å². The summed E-state index contributed by atoms with van der Waals surface area (Å²) in [5, 5.41) is 8.90. The lowest BCUT2D eigenvalue weighted by atomic mass is 10.0. The molecule has 3 rings (SSSR count). The lowest BCUT2D eigenvalue weighted by Crippen LogP contribution is -2.36. The number of rotatable bonds is 4. The standard InChI is InChI=1S/C17H16FNO4/c18-13-4-1-3-11(7-13)8-14-5-2-6-19(14)16(20)15-9-12(10-23-15)17(21)22/h1,3-4,7,9-10,14H,2,5-6,8H2,(H,21,22)/t14-/m0/s1. The maximum Gasteiger partial charge on any atom is 0.338 e. The predicted molar refractivity (Wildman–Crippen MR) is 79.8 cm³/mol. The van der Waals surface area contributed by atoms with Gasteiger partial charge in [0.15, 0.2) is 5.76 Å². The quantitative estimate of drug-likeness (QED) is 0.941. The Balaban J connectivity index is 1.75. The highest BCUT2D eigenvalue weighted by molar-refractivity contribution is 5.95. The first kappa shape index (κ1) is 15.3. The van der Waals surface area contributed by atoms with E-state index in [1.807, 2.05) is 6.07 Å². The van der Waals surface area contributed by atoms with Crippen LogP contribution >= 0.6 is 0 Å². The molecule has 23 heavy (non-hydrogen) atoms. The van der Waals surface area contributed by atoms with Crippen molar-refractivity contribution in [1.82, 2.24) is 4.90 Å². The molecule has 0 radical (unpaired) electrons. The number of carbonyl (C=O) groups is 2. The molecule has 1 aliphatic rings. The molecule has 0 aliphatic carbocycles. The number of aromatic carboxylic acids is 1. The van der Waals surface area contributed by atoms with Gasteiger partial charge in [0.05, 0.1) is 5.56 Å². The number of nitrogens with zero attached hydrogens (tertiary/aromatic N) is 1. The van der Waals surface area contributed by atoms with Crippen LogP contribution in [0.25, 0.3) is 0 Å². The van der Waals surface area contributed by atoms with E-state index in [0.717, 1.165) is 24.7 Å². The van der Waals surface area contributed by atoms with Crippen LogP contribution in [0.1, 0.15) is 39.3 Å². The minimum Gasteiger partial charge on any atom is -0.478 e. The van der Waals surface area contributed by atoms with Crippen molar-refractivity contribution in [3.63, 3.8) is 0 Å². The minimum absolute atomic E-state index is 0.0218. The molecule has 1 saturated heterocycles. The lowest BCUT2D eigenvalue weighted by Gasteiger charge is -2.23. The van der Waals surface area contributed by atoms with Gasteiger partial charge in [-0.1, -0.05) is 12.1 Å². The zero-order valence-corrected chi connectivity index (χ0v) is 12.4. The van der Waals surface area contributed by atoms with Gasteiger partial charge in [0.25, 0.3) is 5.91 Å². The molecule has 0 bridgehead atoms. The van der Waals surface area contributed by atoms with E-state index in [1.54, 1.807) is 11.0 Å². The van der Waals surface area contributed by atoms with Crippen molar-refractivity contribution in [3.05, 3.63) is 59.3 Å².